The van der Waals surface area contributed by atoms with Gasteiger partial charge in [-0.05, 0) is 61.6 Å². The lowest BCUT2D eigenvalue weighted by atomic mass is 9.95. The summed E-state index contributed by atoms with van der Waals surface area (Å²) in [6.07, 6.45) is 2.47. The number of hydrogen-bond acceptors (Lipinski definition) is 6. The first kappa shape index (κ1) is 19.7. The molecule has 3 heterocycles. The van der Waals surface area contributed by atoms with Crippen molar-refractivity contribution >= 4 is 26.9 Å². The van der Waals surface area contributed by atoms with E-state index in [1.54, 1.807) is 6.20 Å². The summed E-state index contributed by atoms with van der Waals surface area (Å²) in [5, 5.41) is 6.01. The predicted molar refractivity (Wildman–Crippen MR) is 114 cm³/mol. The Kier molecular flexibility index (Phi) is 5.20. The van der Waals surface area contributed by atoms with Crippen LogP contribution < -0.4 is 14.8 Å². The lowest BCUT2D eigenvalue weighted by Gasteiger charge is -2.41. The molecule has 0 radical (unpaired) electrons. The van der Waals surface area contributed by atoms with Crippen molar-refractivity contribution in [3.05, 3.63) is 47.7 Å². The minimum absolute atomic E-state index is 0.347. The SMILES string of the molecule is Cc1cc2nc(-c3ccccn3)nc(N3CC(CCNS(N)(=O)=O)C3)c2cc1C. The van der Waals surface area contributed by atoms with E-state index in [0.717, 1.165) is 41.9 Å². The van der Waals surface area contributed by atoms with E-state index in [-0.39, 0.29) is 0 Å². The molecule has 3 N–H and O–H groups in total. The maximum Gasteiger partial charge on any atom is 0.274 e. The van der Waals surface area contributed by atoms with E-state index in [1.807, 2.05) is 18.2 Å². The molecule has 0 amide bonds. The van der Waals surface area contributed by atoms with Crippen molar-refractivity contribution < 1.29 is 8.42 Å². The number of hydrogen-bond donors (Lipinski definition) is 2. The van der Waals surface area contributed by atoms with Crippen molar-refractivity contribution in [2.24, 2.45) is 11.1 Å². The molecule has 1 aliphatic rings. The first-order valence-corrected chi connectivity index (χ1v) is 11.1. The van der Waals surface area contributed by atoms with Crippen LogP contribution in [-0.4, -0.2) is 43.0 Å². The third-order valence-corrected chi connectivity index (χ3v) is 5.90. The van der Waals surface area contributed by atoms with Gasteiger partial charge in [0, 0.05) is 31.2 Å². The van der Waals surface area contributed by atoms with Gasteiger partial charge < -0.3 is 4.90 Å². The van der Waals surface area contributed by atoms with Crippen molar-refractivity contribution in [3.8, 4) is 11.5 Å². The Morgan fingerprint density at radius 2 is 1.93 bits per heavy atom. The minimum Gasteiger partial charge on any atom is -0.355 e. The van der Waals surface area contributed by atoms with Gasteiger partial charge in [0.05, 0.1) is 5.52 Å². The minimum atomic E-state index is -3.63. The Hall–Kier alpha value is -2.62. The van der Waals surface area contributed by atoms with Gasteiger partial charge in [-0.1, -0.05) is 6.07 Å². The second kappa shape index (κ2) is 7.66. The maximum atomic E-state index is 11.0. The van der Waals surface area contributed by atoms with Gasteiger partial charge in [-0.15, -0.1) is 0 Å². The standard InChI is InChI=1S/C20H24N6O2S/c1-13-9-16-18(10-14(13)2)24-19(17-5-3-4-7-22-17)25-20(16)26-11-15(12-26)6-8-23-29(21,27)28/h3-5,7,9-10,15,23H,6,8,11-12H2,1-2H3,(H2,21,27,28). The third kappa shape index (κ3) is 4.36. The van der Waals surface area contributed by atoms with Crippen LogP contribution in [0.25, 0.3) is 22.4 Å². The number of fused-ring (bicyclic) bond motifs is 1. The van der Waals surface area contributed by atoms with Crippen LogP contribution in [0.15, 0.2) is 36.5 Å². The molecule has 0 bridgehead atoms. The number of nitrogens with two attached hydrogens (primary N) is 1. The maximum absolute atomic E-state index is 11.0. The number of nitrogens with zero attached hydrogens (tertiary/aromatic N) is 4. The van der Waals surface area contributed by atoms with Crippen molar-refractivity contribution in [2.75, 3.05) is 24.5 Å². The van der Waals surface area contributed by atoms with Gasteiger partial charge >= 0.3 is 0 Å². The van der Waals surface area contributed by atoms with Crippen LogP contribution in [0.1, 0.15) is 17.5 Å². The number of pyridine rings is 1. The van der Waals surface area contributed by atoms with E-state index in [9.17, 15) is 8.42 Å². The molecule has 2 aromatic heterocycles. The van der Waals surface area contributed by atoms with E-state index in [4.69, 9.17) is 15.1 Å². The van der Waals surface area contributed by atoms with Crippen LogP contribution in [0.4, 0.5) is 5.82 Å². The first-order chi connectivity index (χ1) is 13.8. The van der Waals surface area contributed by atoms with Crippen LogP contribution in [0.2, 0.25) is 0 Å². The van der Waals surface area contributed by atoms with Gasteiger partial charge in [-0.3, -0.25) is 4.98 Å². The van der Waals surface area contributed by atoms with E-state index in [1.165, 1.54) is 11.1 Å². The average molecular weight is 413 g/mol. The Morgan fingerprint density at radius 3 is 2.62 bits per heavy atom. The Balaban J connectivity index is 1.62. The highest BCUT2D eigenvalue weighted by molar-refractivity contribution is 7.87. The van der Waals surface area contributed by atoms with Gasteiger partial charge in [0.25, 0.3) is 10.2 Å². The summed E-state index contributed by atoms with van der Waals surface area (Å²) in [6, 6.07) is 9.93. The highest BCUT2D eigenvalue weighted by Gasteiger charge is 2.29. The molecule has 3 aromatic rings. The molecule has 0 saturated carbocycles. The van der Waals surface area contributed by atoms with Crippen molar-refractivity contribution in [3.63, 3.8) is 0 Å². The fourth-order valence-corrected chi connectivity index (χ4v) is 3.96. The molecule has 1 aromatic carbocycles. The Bertz CT molecular complexity index is 1140. The molecule has 1 saturated heterocycles. The van der Waals surface area contributed by atoms with E-state index in [2.05, 4.69) is 40.6 Å². The molecule has 0 unspecified atom stereocenters. The number of benzene rings is 1. The lowest BCUT2D eigenvalue weighted by molar-refractivity contribution is 0.382. The largest absolute Gasteiger partial charge is 0.355 e. The second-order valence-electron chi connectivity index (χ2n) is 7.54. The zero-order valence-electron chi connectivity index (χ0n) is 16.5. The third-order valence-electron chi connectivity index (χ3n) is 5.30. The summed E-state index contributed by atoms with van der Waals surface area (Å²) in [4.78, 5) is 16.2. The van der Waals surface area contributed by atoms with Gasteiger partial charge in [0.2, 0.25) is 0 Å². The molecule has 9 heteroatoms. The molecular weight excluding hydrogens is 388 g/mol. The summed E-state index contributed by atoms with van der Waals surface area (Å²) in [5.41, 5.74) is 4.02. The fourth-order valence-electron chi connectivity index (χ4n) is 3.55. The predicted octanol–water partition coefficient (Wildman–Crippen LogP) is 1.93. The molecule has 1 fully saturated rings. The monoisotopic (exact) mass is 412 g/mol. The number of aryl methyl sites for hydroxylation is 2. The molecule has 8 nitrogen and oxygen atoms in total. The average Bonchev–Trinajstić information content (AvgIpc) is 2.64. The molecule has 0 spiro atoms. The Morgan fingerprint density at radius 1 is 1.17 bits per heavy atom. The van der Waals surface area contributed by atoms with Crippen LogP contribution in [0.3, 0.4) is 0 Å². The van der Waals surface area contributed by atoms with Crippen LogP contribution in [-0.2, 0) is 10.2 Å². The van der Waals surface area contributed by atoms with Gasteiger partial charge in [0.15, 0.2) is 5.82 Å². The number of aromatic nitrogens is 3. The van der Waals surface area contributed by atoms with Crippen LogP contribution in [0.5, 0.6) is 0 Å². The van der Waals surface area contributed by atoms with Gasteiger partial charge in [0.1, 0.15) is 11.5 Å². The smallest absolute Gasteiger partial charge is 0.274 e. The molecule has 4 rings (SSSR count). The van der Waals surface area contributed by atoms with Crippen LogP contribution >= 0.6 is 0 Å². The van der Waals surface area contributed by atoms with Crippen molar-refractivity contribution in [1.82, 2.24) is 19.7 Å². The van der Waals surface area contributed by atoms with E-state index in [0.29, 0.717) is 18.3 Å². The summed E-state index contributed by atoms with van der Waals surface area (Å²) in [7, 11) is -3.63. The molecule has 29 heavy (non-hydrogen) atoms. The second-order valence-corrected chi connectivity index (χ2v) is 8.92. The zero-order chi connectivity index (χ0) is 20.6. The lowest BCUT2D eigenvalue weighted by Crippen LogP contribution is -2.48. The number of nitrogens with one attached hydrogen (secondary N) is 1. The normalized spacial score (nSPS) is 14.9. The summed E-state index contributed by atoms with van der Waals surface area (Å²) >= 11 is 0. The van der Waals surface area contributed by atoms with Crippen molar-refractivity contribution in [1.29, 1.82) is 0 Å². The summed E-state index contributed by atoms with van der Waals surface area (Å²) in [6.45, 7) is 6.14. The topological polar surface area (TPSA) is 114 Å². The quantitative estimate of drug-likeness (QED) is 0.639. The van der Waals surface area contributed by atoms with Gasteiger partial charge in [-0.25, -0.2) is 19.8 Å². The summed E-state index contributed by atoms with van der Waals surface area (Å²) in [5.74, 6) is 1.89. The molecule has 0 aliphatic carbocycles. The molecular formula is C20H24N6O2S. The summed E-state index contributed by atoms with van der Waals surface area (Å²) < 4.78 is 24.4. The molecule has 0 atom stereocenters. The first-order valence-electron chi connectivity index (χ1n) is 9.53. The fraction of sp³-hybridized carbons (Fsp3) is 0.350. The van der Waals surface area contributed by atoms with E-state index >= 15 is 0 Å². The molecule has 1 aliphatic heterocycles. The van der Waals surface area contributed by atoms with Crippen molar-refractivity contribution in [2.45, 2.75) is 20.3 Å². The highest BCUT2D eigenvalue weighted by Crippen LogP contribution is 2.33. The zero-order valence-corrected chi connectivity index (χ0v) is 17.3. The number of rotatable bonds is 6. The van der Waals surface area contributed by atoms with Gasteiger partial charge in [-0.2, -0.15) is 8.42 Å². The van der Waals surface area contributed by atoms with Crippen LogP contribution in [0, 0.1) is 19.8 Å². The van der Waals surface area contributed by atoms with E-state index < -0.39 is 10.2 Å². The number of anilines is 1. The molecule has 152 valence electrons. The highest BCUT2D eigenvalue weighted by atomic mass is 32.2. The Labute approximate surface area is 170 Å².